The maximum atomic E-state index is 13.3. The first-order valence-corrected chi connectivity index (χ1v) is 13.2. The van der Waals surface area contributed by atoms with Crippen molar-refractivity contribution in [2.75, 3.05) is 24.8 Å². The molecule has 1 N–H and O–H groups in total. The minimum Gasteiger partial charge on any atom is -0.484 e. The van der Waals surface area contributed by atoms with E-state index in [2.05, 4.69) is 21.2 Å². The lowest BCUT2D eigenvalue weighted by Crippen LogP contribution is -2.81. The summed E-state index contributed by atoms with van der Waals surface area (Å²) in [5, 5.41) is 13.1. The van der Waals surface area contributed by atoms with Gasteiger partial charge in [-0.05, 0) is 35.4 Å². The summed E-state index contributed by atoms with van der Waals surface area (Å²) in [6.45, 7) is -0.467. The number of halogens is 1. The van der Waals surface area contributed by atoms with Gasteiger partial charge in [0.2, 0.25) is 0 Å². The third-order valence-corrected chi connectivity index (χ3v) is 7.79. The molecular formula is C24H22BrN3O8S. The Balaban J connectivity index is 1.44. The van der Waals surface area contributed by atoms with E-state index in [-0.39, 0.29) is 24.6 Å². The SMILES string of the molecule is COC1(NC(=O)COc2ccccc2)C(=O)N2C(C(=O)OCc3ccc([N+](=O)[O-])cc3)=C(CBr)CS[C@H]21. The van der Waals surface area contributed by atoms with Gasteiger partial charge in [0.15, 0.2) is 6.61 Å². The van der Waals surface area contributed by atoms with Crippen LogP contribution >= 0.6 is 27.7 Å². The van der Waals surface area contributed by atoms with Crippen molar-refractivity contribution in [2.24, 2.45) is 0 Å². The zero-order valence-corrected chi connectivity index (χ0v) is 22.0. The van der Waals surface area contributed by atoms with Crippen molar-refractivity contribution in [1.82, 2.24) is 10.2 Å². The molecule has 2 aliphatic rings. The number of alkyl halides is 1. The molecule has 37 heavy (non-hydrogen) atoms. The van der Waals surface area contributed by atoms with Gasteiger partial charge in [0.25, 0.3) is 23.2 Å². The van der Waals surface area contributed by atoms with E-state index in [9.17, 15) is 24.5 Å². The predicted octanol–water partition coefficient (Wildman–Crippen LogP) is 2.74. The number of hydrogen-bond acceptors (Lipinski definition) is 9. The number of hydrogen-bond donors (Lipinski definition) is 1. The Morgan fingerprint density at radius 2 is 1.92 bits per heavy atom. The van der Waals surface area contributed by atoms with Gasteiger partial charge in [-0.1, -0.05) is 34.1 Å². The van der Waals surface area contributed by atoms with Crippen LogP contribution in [0.2, 0.25) is 0 Å². The highest BCUT2D eigenvalue weighted by Crippen LogP contribution is 2.47. The second kappa shape index (κ2) is 11.3. The Morgan fingerprint density at radius 3 is 2.54 bits per heavy atom. The highest BCUT2D eigenvalue weighted by Gasteiger charge is 2.66. The van der Waals surface area contributed by atoms with E-state index in [1.807, 2.05) is 6.07 Å². The van der Waals surface area contributed by atoms with Crippen molar-refractivity contribution in [2.45, 2.75) is 17.7 Å². The van der Waals surface area contributed by atoms with Crippen LogP contribution in [0.1, 0.15) is 5.56 Å². The molecule has 0 aliphatic carbocycles. The molecule has 0 radical (unpaired) electrons. The molecule has 2 amide bonds. The number of nitrogens with zero attached hydrogens (tertiary/aromatic N) is 2. The molecule has 1 unspecified atom stereocenters. The van der Waals surface area contributed by atoms with Crippen molar-refractivity contribution in [3.8, 4) is 5.75 Å². The van der Waals surface area contributed by atoms with Crippen molar-refractivity contribution >= 4 is 51.2 Å². The van der Waals surface area contributed by atoms with E-state index >= 15 is 0 Å². The maximum absolute atomic E-state index is 13.3. The number of rotatable bonds is 10. The number of benzene rings is 2. The minimum absolute atomic E-state index is 0.0787. The molecule has 194 valence electrons. The summed E-state index contributed by atoms with van der Waals surface area (Å²) in [4.78, 5) is 50.6. The van der Waals surface area contributed by atoms with Gasteiger partial charge < -0.3 is 19.5 Å². The molecule has 2 atom stereocenters. The number of fused-ring (bicyclic) bond motifs is 1. The first kappa shape index (κ1) is 26.6. The van der Waals surface area contributed by atoms with Crippen LogP contribution in [0.3, 0.4) is 0 Å². The summed E-state index contributed by atoms with van der Waals surface area (Å²) in [6, 6.07) is 14.4. The normalized spacial score (nSPS) is 20.5. The van der Waals surface area contributed by atoms with Gasteiger partial charge in [0.1, 0.15) is 23.4 Å². The molecule has 2 heterocycles. The van der Waals surface area contributed by atoms with Crippen LogP contribution in [0, 0.1) is 10.1 Å². The zero-order valence-electron chi connectivity index (χ0n) is 19.5. The highest BCUT2D eigenvalue weighted by molar-refractivity contribution is 9.09. The van der Waals surface area contributed by atoms with Gasteiger partial charge in [0.05, 0.1) is 4.92 Å². The maximum Gasteiger partial charge on any atom is 0.355 e. The first-order chi connectivity index (χ1) is 17.8. The lowest BCUT2D eigenvalue weighted by molar-refractivity contribution is -0.384. The van der Waals surface area contributed by atoms with Crippen LogP contribution in [-0.4, -0.2) is 63.5 Å². The smallest absolute Gasteiger partial charge is 0.355 e. The van der Waals surface area contributed by atoms with E-state index in [1.165, 1.54) is 48.0 Å². The summed E-state index contributed by atoms with van der Waals surface area (Å²) in [5.74, 6) is -1.00. The molecule has 13 heteroatoms. The lowest BCUT2D eigenvalue weighted by Gasteiger charge is -2.55. The van der Waals surface area contributed by atoms with Gasteiger partial charge in [-0.2, -0.15) is 0 Å². The molecule has 11 nitrogen and oxygen atoms in total. The minimum atomic E-state index is -1.66. The second-order valence-corrected chi connectivity index (χ2v) is 9.64. The predicted molar refractivity (Wildman–Crippen MR) is 137 cm³/mol. The largest absolute Gasteiger partial charge is 0.484 e. The van der Waals surface area contributed by atoms with Crippen molar-refractivity contribution in [3.63, 3.8) is 0 Å². The number of methoxy groups -OCH3 is 1. The fraction of sp³-hybridized carbons (Fsp3) is 0.292. The Bertz CT molecular complexity index is 1240. The fourth-order valence-electron chi connectivity index (χ4n) is 3.87. The summed E-state index contributed by atoms with van der Waals surface area (Å²) < 4.78 is 16.4. The molecule has 0 bridgehead atoms. The summed E-state index contributed by atoms with van der Waals surface area (Å²) in [6.07, 6.45) is 0. The molecule has 0 spiro atoms. The number of nitro groups is 1. The number of carbonyl (C=O) groups excluding carboxylic acids is 3. The number of ether oxygens (including phenoxy) is 3. The monoisotopic (exact) mass is 591 g/mol. The number of esters is 1. The molecule has 1 fully saturated rings. The molecular weight excluding hydrogens is 570 g/mol. The summed E-state index contributed by atoms with van der Waals surface area (Å²) in [5.41, 5.74) is -0.469. The third kappa shape index (κ3) is 5.33. The van der Waals surface area contributed by atoms with E-state index in [0.717, 1.165) is 0 Å². The topological polar surface area (TPSA) is 137 Å². The van der Waals surface area contributed by atoms with Crippen LogP contribution in [0.4, 0.5) is 5.69 Å². The van der Waals surface area contributed by atoms with Gasteiger partial charge >= 0.3 is 5.97 Å². The van der Waals surface area contributed by atoms with Gasteiger partial charge in [-0.3, -0.25) is 24.6 Å². The average Bonchev–Trinajstić information content (AvgIpc) is 2.93. The Morgan fingerprint density at radius 1 is 1.22 bits per heavy atom. The molecule has 4 rings (SSSR count). The van der Waals surface area contributed by atoms with E-state index in [1.54, 1.807) is 24.3 Å². The molecule has 2 aromatic carbocycles. The number of nitrogens with one attached hydrogen (secondary N) is 1. The number of amides is 2. The summed E-state index contributed by atoms with van der Waals surface area (Å²) in [7, 11) is 1.31. The highest BCUT2D eigenvalue weighted by atomic mass is 79.9. The number of para-hydroxylation sites is 1. The number of β-lactam (4-membered cyclic amide) rings is 1. The number of carbonyl (C=O) groups is 3. The molecule has 2 aliphatic heterocycles. The Hall–Kier alpha value is -3.42. The molecule has 2 aromatic rings. The molecule has 0 saturated carbocycles. The third-order valence-electron chi connectivity index (χ3n) is 5.74. The summed E-state index contributed by atoms with van der Waals surface area (Å²) >= 11 is 4.70. The van der Waals surface area contributed by atoms with Crippen LogP contribution < -0.4 is 10.1 Å². The Labute approximate surface area is 224 Å². The number of non-ortho nitro benzene ring substituents is 1. The number of nitro benzene ring substituents is 1. The van der Waals surface area contributed by atoms with Crippen LogP contribution in [0.15, 0.2) is 65.9 Å². The van der Waals surface area contributed by atoms with E-state index < -0.39 is 33.8 Å². The lowest BCUT2D eigenvalue weighted by atomic mass is 9.98. The van der Waals surface area contributed by atoms with Crippen molar-refractivity contribution in [3.05, 3.63) is 81.5 Å². The Kier molecular flexibility index (Phi) is 8.15. The zero-order chi connectivity index (χ0) is 26.6. The van der Waals surface area contributed by atoms with Crippen molar-refractivity contribution in [1.29, 1.82) is 0 Å². The number of thioether (sulfide) groups is 1. The standard InChI is InChI=1S/C24H22BrN3O8S/c1-34-24(26-19(29)13-35-18-5-3-2-4-6-18)22(31)27-20(16(11-25)14-37-23(24)27)21(30)36-12-15-7-9-17(10-8-15)28(32)33/h2-10,23H,11-14H2,1H3,(H,26,29)/t23-,24?/m0/s1. The van der Waals surface area contributed by atoms with Crippen LogP contribution in [-0.2, 0) is 30.5 Å². The molecule has 1 saturated heterocycles. The van der Waals surface area contributed by atoms with Gasteiger partial charge in [-0.15, -0.1) is 11.8 Å². The van der Waals surface area contributed by atoms with Gasteiger partial charge in [-0.25, -0.2) is 4.79 Å². The fourth-order valence-corrected chi connectivity index (χ4v) is 6.04. The van der Waals surface area contributed by atoms with Gasteiger partial charge in [0, 0.05) is 30.3 Å². The second-order valence-electron chi connectivity index (χ2n) is 8.01. The van der Waals surface area contributed by atoms with Crippen molar-refractivity contribution < 1.29 is 33.5 Å². The van der Waals surface area contributed by atoms with Crippen LogP contribution in [0.5, 0.6) is 5.75 Å². The van der Waals surface area contributed by atoms with E-state index in [0.29, 0.717) is 28.0 Å². The molecule has 0 aromatic heterocycles. The average molecular weight is 592 g/mol. The first-order valence-electron chi connectivity index (χ1n) is 11.0. The van der Waals surface area contributed by atoms with Crippen LogP contribution in [0.25, 0.3) is 0 Å². The quantitative estimate of drug-likeness (QED) is 0.110. The van der Waals surface area contributed by atoms with E-state index in [4.69, 9.17) is 14.2 Å².